The van der Waals surface area contributed by atoms with Crippen LogP contribution in [0.1, 0.15) is 93.0 Å². The van der Waals surface area contributed by atoms with Crippen LogP contribution in [0.2, 0.25) is 0 Å². The third-order valence-electron chi connectivity index (χ3n) is 23.0. The maximum absolute atomic E-state index is 13.8. The Labute approximate surface area is 809 Å². The third kappa shape index (κ3) is 26.0. The Bertz CT molecular complexity index is 6280. The average Bonchev–Trinajstić information content (AvgIpc) is 1.62. The molecule has 6 fully saturated rings. The first-order valence-corrected chi connectivity index (χ1v) is 47.7. The molecule has 0 spiro atoms. The van der Waals surface area contributed by atoms with Gasteiger partial charge in [0.15, 0.2) is 15.5 Å². The van der Waals surface area contributed by atoms with Crippen molar-refractivity contribution in [1.82, 2.24) is 35.2 Å². The van der Waals surface area contributed by atoms with Gasteiger partial charge < -0.3 is 69.1 Å². The van der Waals surface area contributed by atoms with Crippen molar-refractivity contribution in [2.75, 3.05) is 84.9 Å². The number of amides is 9. The molecular weight excluding hydrogens is 1810 g/mol. The van der Waals surface area contributed by atoms with Crippen molar-refractivity contribution in [2.24, 2.45) is 15.0 Å². The summed E-state index contributed by atoms with van der Waals surface area (Å²) in [6.45, 7) is 10.9. The van der Waals surface area contributed by atoms with E-state index in [1.807, 2.05) is 188 Å². The summed E-state index contributed by atoms with van der Waals surface area (Å²) in [5.41, 5.74) is 11.3. The molecule has 9 amide bonds. The molecule has 18 rings (SSSR count). The molecule has 3 aromatic heterocycles. The van der Waals surface area contributed by atoms with Crippen molar-refractivity contribution in [3.05, 3.63) is 354 Å². The van der Waals surface area contributed by atoms with Crippen LogP contribution >= 0.6 is 35.3 Å². The smallest absolute Gasteiger partial charge is 0.408 e. The van der Waals surface area contributed by atoms with E-state index in [1.165, 1.54) is 47.4 Å². The minimum absolute atomic E-state index is 0.0458. The summed E-state index contributed by atoms with van der Waals surface area (Å²) >= 11 is 4.03. The standard InChI is InChI=1S/C37H37N5O5S.C35H35N5O6S.C32H28FN5O4S/c43-33(24-26-6-2-1-3-7-26)41-18-4-9-32(41)35(44)38-28-12-10-27(11-13-28)34-36(45)42(25-31-8-5-21-47-31)37(48-34)39-29-14-16-30(17-15-29)40-19-22-46-23-20-40;1-24(36-35(43)46-23-25-6-3-2-4-7-25)32(41)37-27-11-9-26(10-12-27)31-33(42)40(22-30-8-5-19-45-30)34(47-31)38-28-13-15-29(16-14-28)39-17-20-44-21-18-39;1-21(35-32(41)42-20-22-8-3-2-4-9-22)29(39)36-25-15-13-23(14-16-25)28-30(40)38(19-27-11-5-6-17-34-27)31(43-28)37-26-12-7-10-24(33)18-26/h1-3,5-8,10-17,21,32,34H,4,9,18-20,22-25H2,(H,38,44);2-16,19,24,31H,17-18,20-23H2,1H3,(H,36,43)(H,37,41);2-18,21,28H,19-20H2,1H3,(H,35,41)(H,36,39)/t32-,34?;;/m0../s1. The van der Waals surface area contributed by atoms with Crippen LogP contribution in [-0.4, -0.2) is 171 Å². The summed E-state index contributed by atoms with van der Waals surface area (Å²) in [4.78, 5) is 147. The highest BCUT2D eigenvalue weighted by Crippen LogP contribution is 2.46. The molecule has 6 saturated heterocycles. The van der Waals surface area contributed by atoms with Crippen molar-refractivity contribution in [1.29, 1.82) is 0 Å². The molecule has 9 aromatic carbocycles. The van der Waals surface area contributed by atoms with Gasteiger partial charge >= 0.3 is 12.2 Å². The maximum atomic E-state index is 13.8. The zero-order chi connectivity index (χ0) is 95.6. The van der Waals surface area contributed by atoms with Gasteiger partial charge in [-0.2, -0.15) is 0 Å². The van der Waals surface area contributed by atoms with E-state index in [1.54, 1.807) is 119 Å². The first kappa shape index (κ1) is 96.2. The molecule has 138 heavy (non-hydrogen) atoms. The molecule has 0 radical (unpaired) electrons. The Morgan fingerprint density at radius 1 is 0.442 bits per heavy atom. The van der Waals surface area contributed by atoms with Gasteiger partial charge in [0.05, 0.1) is 87.8 Å². The number of halogens is 1. The number of amidine groups is 3. The zero-order valence-electron chi connectivity index (χ0n) is 75.5. The zero-order valence-corrected chi connectivity index (χ0v) is 77.9. The Hall–Kier alpha value is -15.0. The minimum Gasteiger partial charge on any atom is -0.467 e. The molecule has 6 aliphatic heterocycles. The Morgan fingerprint density at radius 2 is 0.855 bits per heavy atom. The highest BCUT2D eigenvalue weighted by molar-refractivity contribution is 8.15. The molecule has 5 unspecified atom stereocenters. The molecule has 9 heterocycles. The van der Waals surface area contributed by atoms with Crippen molar-refractivity contribution in [3.8, 4) is 0 Å². The molecule has 30 nitrogen and oxygen atoms in total. The van der Waals surface area contributed by atoms with E-state index in [4.69, 9.17) is 37.8 Å². The van der Waals surface area contributed by atoms with E-state index in [0.29, 0.717) is 100 Å². The van der Waals surface area contributed by atoms with Gasteiger partial charge in [-0.3, -0.25) is 53.2 Å². The fourth-order valence-electron chi connectivity index (χ4n) is 15.6. The second-order valence-corrected chi connectivity index (χ2v) is 36.0. The highest BCUT2D eigenvalue weighted by atomic mass is 32.2. The van der Waals surface area contributed by atoms with Crippen molar-refractivity contribution < 1.29 is 75.3 Å². The van der Waals surface area contributed by atoms with Gasteiger partial charge in [-0.25, -0.2) is 29.0 Å². The number of aliphatic imine (C=N–C) groups is 3. The molecule has 5 N–H and O–H groups in total. The summed E-state index contributed by atoms with van der Waals surface area (Å²) < 4.78 is 46.3. The first-order chi connectivity index (χ1) is 67.3. The van der Waals surface area contributed by atoms with Crippen LogP contribution < -0.4 is 36.4 Å². The number of benzene rings is 9. The normalized spacial score (nSPS) is 18.2. The molecular formula is C104H100FN15O15S3. The van der Waals surface area contributed by atoms with Crippen molar-refractivity contribution in [3.63, 3.8) is 0 Å². The van der Waals surface area contributed by atoms with E-state index in [-0.39, 0.29) is 68.8 Å². The number of likely N-dealkylation sites (tertiary alicyclic amines) is 1. The van der Waals surface area contributed by atoms with Crippen LogP contribution in [0, 0.1) is 5.82 Å². The number of hydrogen-bond donors (Lipinski definition) is 5. The number of ether oxygens (including phenoxy) is 4. The van der Waals surface area contributed by atoms with Crippen LogP contribution in [0.5, 0.6) is 0 Å². The molecule has 0 bridgehead atoms. The van der Waals surface area contributed by atoms with E-state index in [9.17, 15) is 47.5 Å². The summed E-state index contributed by atoms with van der Waals surface area (Å²) in [6.07, 6.45) is 5.13. The van der Waals surface area contributed by atoms with Crippen molar-refractivity contribution >= 4 is 150 Å². The molecule has 706 valence electrons. The molecule has 6 aliphatic rings. The summed E-state index contributed by atoms with van der Waals surface area (Å²) in [5, 5.41) is 13.6. The molecule has 6 atom stereocenters. The lowest BCUT2D eigenvalue weighted by Crippen LogP contribution is -2.43. The van der Waals surface area contributed by atoms with Gasteiger partial charge in [0.25, 0.3) is 0 Å². The molecule has 0 aliphatic carbocycles. The molecule has 12 aromatic rings. The number of anilines is 5. The molecule has 34 heteroatoms. The lowest BCUT2D eigenvalue weighted by Gasteiger charge is -2.28. The third-order valence-corrected chi connectivity index (χ3v) is 26.7. The van der Waals surface area contributed by atoms with Crippen LogP contribution in [0.3, 0.4) is 0 Å². The number of carbonyl (C=O) groups excluding carboxylic acids is 9. The van der Waals surface area contributed by atoms with E-state index >= 15 is 0 Å². The van der Waals surface area contributed by atoms with Gasteiger partial charge in [-0.15, -0.1) is 0 Å². The second-order valence-electron chi connectivity index (χ2n) is 32.7. The number of nitrogens with one attached hydrogen (secondary N) is 5. The first-order valence-electron chi connectivity index (χ1n) is 45.1. The van der Waals surface area contributed by atoms with Crippen LogP contribution in [-0.2, 0) is 91.8 Å². The predicted octanol–water partition coefficient (Wildman–Crippen LogP) is 17.6. The average molecular weight is 1920 g/mol. The predicted molar refractivity (Wildman–Crippen MR) is 529 cm³/mol. The number of carbonyl (C=O) groups is 9. The van der Waals surface area contributed by atoms with Gasteiger partial charge in [-0.1, -0.05) is 175 Å². The lowest BCUT2D eigenvalue weighted by molar-refractivity contribution is -0.136. The van der Waals surface area contributed by atoms with E-state index in [0.717, 1.165) is 83.2 Å². The Balaban J connectivity index is 0.000000150. The number of thioether (sulfide) groups is 3. The van der Waals surface area contributed by atoms with Gasteiger partial charge in [0.1, 0.15) is 64.4 Å². The quantitative estimate of drug-likeness (QED) is 0.0304. The summed E-state index contributed by atoms with van der Waals surface area (Å²) in [7, 11) is 0. The topological polar surface area (TPSA) is 346 Å². The van der Waals surface area contributed by atoms with Gasteiger partial charge in [0, 0.05) is 67.4 Å². The molecule has 0 saturated carbocycles. The second kappa shape index (κ2) is 47.0. The van der Waals surface area contributed by atoms with Crippen LogP contribution in [0.4, 0.5) is 59.5 Å². The van der Waals surface area contributed by atoms with Gasteiger partial charge in [-0.05, 0) is 200 Å². The number of hydrogen-bond acceptors (Lipinski definition) is 24. The number of pyridine rings is 1. The number of rotatable bonds is 28. The van der Waals surface area contributed by atoms with Crippen LogP contribution in [0.15, 0.2) is 322 Å². The number of morpholine rings is 2. The number of nitrogens with zero attached hydrogens (tertiary/aromatic N) is 10. The van der Waals surface area contributed by atoms with E-state index < -0.39 is 63.7 Å². The fraction of sp³-hybridized carbons (Fsp3) is 0.240. The largest absolute Gasteiger partial charge is 0.467 e. The Morgan fingerprint density at radius 3 is 1.27 bits per heavy atom. The summed E-state index contributed by atoms with van der Waals surface area (Å²) in [6, 6.07) is 81.9. The van der Waals surface area contributed by atoms with Gasteiger partial charge in [0.2, 0.25) is 41.4 Å². The fourth-order valence-corrected chi connectivity index (χ4v) is 19.2. The Kier molecular flexibility index (Phi) is 32.7. The lowest BCUT2D eigenvalue weighted by atomic mass is 10.1. The van der Waals surface area contributed by atoms with Crippen LogP contribution in [0.25, 0.3) is 0 Å². The SMILES string of the molecule is CC(NC(=O)OCc1ccccc1)C(=O)Nc1ccc(C2SC(=Nc3ccc(N4CCOCC4)cc3)N(Cc3ccco3)C2=O)cc1.CC(NC(=O)OCc1ccccc1)C(=O)Nc1ccc(C2SC(=Nc3cccc(F)c3)N(Cc3ccccn3)C2=O)cc1.O=C(Nc1ccc(C2SC(=Nc3ccc(N4CCOCC4)cc3)N(Cc3ccco3)C2=O)cc1)[C@@H]1CCCN1C(=O)Cc1ccccc1. The minimum atomic E-state index is -0.850. The maximum Gasteiger partial charge on any atom is 0.408 e. The summed E-state index contributed by atoms with van der Waals surface area (Å²) in [5.74, 6) is -0.567. The van der Waals surface area contributed by atoms with E-state index in [2.05, 4.69) is 58.5 Å². The monoisotopic (exact) mass is 1910 g/mol. The number of aromatic nitrogens is 1. The van der Waals surface area contributed by atoms with Crippen molar-refractivity contribution in [2.45, 2.75) is 99.8 Å². The number of furan rings is 2. The number of alkyl carbamates (subject to hydrolysis) is 2. The highest BCUT2D eigenvalue weighted by Gasteiger charge is 2.43.